The van der Waals surface area contributed by atoms with E-state index in [2.05, 4.69) is 0 Å². The first-order valence-electron chi connectivity index (χ1n) is 9.80. The van der Waals surface area contributed by atoms with Crippen molar-refractivity contribution in [3.05, 3.63) is 64.7 Å². The summed E-state index contributed by atoms with van der Waals surface area (Å²) in [4.78, 5) is 26.8. The van der Waals surface area contributed by atoms with Crippen LogP contribution in [-0.4, -0.2) is 36.3 Å². The number of halogens is 1. The van der Waals surface area contributed by atoms with Crippen molar-refractivity contribution < 1.29 is 14.3 Å². The number of piperidine rings is 1. The lowest BCUT2D eigenvalue weighted by molar-refractivity contribution is -0.132. The highest BCUT2D eigenvalue weighted by Crippen LogP contribution is 2.23. The van der Waals surface area contributed by atoms with E-state index in [1.165, 1.54) is 0 Å². The zero-order chi connectivity index (χ0) is 19.9. The molecule has 2 aromatic rings. The average Bonchev–Trinajstić information content (AvgIpc) is 2.73. The van der Waals surface area contributed by atoms with Gasteiger partial charge in [0.1, 0.15) is 5.75 Å². The first-order chi connectivity index (χ1) is 13.5. The van der Waals surface area contributed by atoms with Crippen molar-refractivity contribution >= 4 is 23.3 Å². The molecule has 3 rings (SSSR count). The number of carbonyl (C=O) groups excluding carboxylic acids is 2. The molecule has 5 heteroatoms. The monoisotopic (exact) mass is 399 g/mol. The fraction of sp³-hybridized carbons (Fsp3) is 0.391. The Labute approximate surface area is 171 Å². The van der Waals surface area contributed by atoms with Crippen LogP contribution in [0.2, 0.25) is 5.02 Å². The number of rotatable bonds is 7. The van der Waals surface area contributed by atoms with E-state index in [0.717, 1.165) is 34.7 Å². The second kappa shape index (κ2) is 9.74. The van der Waals surface area contributed by atoms with Crippen molar-refractivity contribution in [2.24, 2.45) is 5.92 Å². The number of amides is 1. The Morgan fingerprint density at radius 3 is 2.50 bits per heavy atom. The molecule has 1 saturated heterocycles. The summed E-state index contributed by atoms with van der Waals surface area (Å²) < 4.78 is 5.70. The van der Waals surface area contributed by atoms with E-state index in [-0.39, 0.29) is 17.6 Å². The van der Waals surface area contributed by atoms with E-state index in [9.17, 15) is 9.59 Å². The number of ketones is 1. The van der Waals surface area contributed by atoms with Crippen molar-refractivity contribution in [3.8, 4) is 5.75 Å². The molecule has 4 nitrogen and oxygen atoms in total. The number of nitrogens with zero attached hydrogens (tertiary/aromatic N) is 1. The second-order valence-electron chi connectivity index (χ2n) is 7.25. The maximum Gasteiger partial charge on any atom is 0.222 e. The summed E-state index contributed by atoms with van der Waals surface area (Å²) in [5, 5.41) is 0.719. The smallest absolute Gasteiger partial charge is 0.222 e. The number of hydrogen-bond donors (Lipinski definition) is 0. The minimum atomic E-state index is 0.0166. The van der Waals surface area contributed by atoms with Crippen LogP contribution in [-0.2, 0) is 4.79 Å². The van der Waals surface area contributed by atoms with E-state index in [1.807, 2.05) is 60.4 Å². The highest BCUT2D eigenvalue weighted by Gasteiger charge is 2.27. The lowest BCUT2D eigenvalue weighted by atomic mass is 9.89. The number of hydrogen-bond acceptors (Lipinski definition) is 3. The molecule has 0 N–H and O–H groups in total. The summed E-state index contributed by atoms with van der Waals surface area (Å²) in [7, 11) is 0. The molecular weight excluding hydrogens is 374 g/mol. The average molecular weight is 400 g/mol. The van der Waals surface area contributed by atoms with Gasteiger partial charge < -0.3 is 9.64 Å². The molecule has 0 aromatic heterocycles. The van der Waals surface area contributed by atoms with Crippen LogP contribution in [0.15, 0.2) is 48.5 Å². The SMILES string of the molecule is Cc1cc(OCCCC(=O)N2CCC(C(=O)c3ccccc3)CC2)ccc1Cl. The predicted molar refractivity (Wildman–Crippen MR) is 111 cm³/mol. The number of carbonyl (C=O) groups is 2. The molecule has 0 saturated carbocycles. The number of aryl methyl sites for hydroxylation is 1. The van der Waals surface area contributed by atoms with Gasteiger partial charge in [0.15, 0.2) is 5.78 Å². The van der Waals surface area contributed by atoms with Crippen molar-refractivity contribution in [1.82, 2.24) is 4.90 Å². The lowest BCUT2D eigenvalue weighted by Gasteiger charge is -2.31. The predicted octanol–water partition coefficient (Wildman–Crippen LogP) is 4.93. The zero-order valence-corrected chi connectivity index (χ0v) is 17.0. The third-order valence-electron chi connectivity index (χ3n) is 5.21. The van der Waals surface area contributed by atoms with Crippen LogP contribution in [0.25, 0.3) is 0 Å². The minimum Gasteiger partial charge on any atom is -0.494 e. The van der Waals surface area contributed by atoms with Crippen molar-refractivity contribution in [3.63, 3.8) is 0 Å². The molecule has 0 radical (unpaired) electrons. The van der Waals surface area contributed by atoms with Gasteiger partial charge in [-0.2, -0.15) is 0 Å². The summed E-state index contributed by atoms with van der Waals surface area (Å²) in [6, 6.07) is 15.0. The first-order valence-corrected chi connectivity index (χ1v) is 10.2. The number of ether oxygens (including phenoxy) is 1. The maximum absolute atomic E-state index is 12.5. The summed E-state index contributed by atoms with van der Waals surface area (Å²) in [5.74, 6) is 1.12. The Morgan fingerprint density at radius 1 is 1.11 bits per heavy atom. The third kappa shape index (κ3) is 5.35. The van der Waals surface area contributed by atoms with Crippen LogP contribution in [0, 0.1) is 12.8 Å². The fourth-order valence-electron chi connectivity index (χ4n) is 3.51. The highest BCUT2D eigenvalue weighted by atomic mass is 35.5. The van der Waals surface area contributed by atoms with Crippen LogP contribution in [0.5, 0.6) is 5.75 Å². The highest BCUT2D eigenvalue weighted by molar-refractivity contribution is 6.31. The number of benzene rings is 2. The normalized spacial score (nSPS) is 14.7. The third-order valence-corrected chi connectivity index (χ3v) is 5.63. The van der Waals surface area contributed by atoms with Crippen LogP contribution < -0.4 is 4.74 Å². The molecule has 0 atom stereocenters. The Balaban J connectivity index is 1.38. The van der Waals surface area contributed by atoms with E-state index in [1.54, 1.807) is 0 Å². The fourth-order valence-corrected chi connectivity index (χ4v) is 3.63. The molecule has 28 heavy (non-hydrogen) atoms. The molecular formula is C23H26ClNO3. The second-order valence-corrected chi connectivity index (χ2v) is 7.66. The molecule has 1 amide bonds. The molecule has 0 spiro atoms. The van der Waals surface area contributed by atoms with E-state index < -0.39 is 0 Å². The van der Waals surface area contributed by atoms with Crippen LogP contribution in [0.4, 0.5) is 0 Å². The summed E-state index contributed by atoms with van der Waals surface area (Å²) in [6.45, 7) is 3.74. The van der Waals surface area contributed by atoms with Crippen molar-refractivity contribution in [1.29, 1.82) is 0 Å². The van der Waals surface area contributed by atoms with Crippen LogP contribution in [0.3, 0.4) is 0 Å². The molecule has 0 bridgehead atoms. The topological polar surface area (TPSA) is 46.6 Å². The van der Waals surface area contributed by atoms with E-state index in [4.69, 9.17) is 16.3 Å². The zero-order valence-electron chi connectivity index (χ0n) is 16.2. The van der Waals surface area contributed by atoms with Gasteiger partial charge in [0, 0.05) is 36.0 Å². The van der Waals surface area contributed by atoms with Crippen LogP contribution in [0.1, 0.15) is 41.6 Å². The van der Waals surface area contributed by atoms with Crippen molar-refractivity contribution in [2.45, 2.75) is 32.6 Å². The Hall–Kier alpha value is -2.33. The Bertz CT molecular complexity index is 814. The maximum atomic E-state index is 12.5. The number of likely N-dealkylation sites (tertiary alicyclic amines) is 1. The Kier molecular flexibility index (Phi) is 7.10. The van der Waals surface area contributed by atoms with Gasteiger partial charge in [0.05, 0.1) is 6.61 Å². The van der Waals surface area contributed by atoms with Gasteiger partial charge in [0.2, 0.25) is 5.91 Å². The minimum absolute atomic E-state index is 0.0166. The van der Waals surface area contributed by atoms with Gasteiger partial charge in [-0.05, 0) is 49.9 Å². The largest absolute Gasteiger partial charge is 0.494 e. The van der Waals surface area contributed by atoms with Gasteiger partial charge in [-0.1, -0.05) is 41.9 Å². The molecule has 2 aromatic carbocycles. The molecule has 1 fully saturated rings. The molecule has 1 aliphatic heterocycles. The van der Waals surface area contributed by atoms with Gasteiger partial charge >= 0.3 is 0 Å². The molecule has 1 aliphatic rings. The van der Waals surface area contributed by atoms with Gasteiger partial charge in [-0.25, -0.2) is 0 Å². The van der Waals surface area contributed by atoms with Crippen molar-refractivity contribution in [2.75, 3.05) is 19.7 Å². The summed E-state index contributed by atoms with van der Waals surface area (Å²) in [6.07, 6.45) is 2.60. The van der Waals surface area contributed by atoms with Crippen LogP contribution >= 0.6 is 11.6 Å². The lowest BCUT2D eigenvalue weighted by Crippen LogP contribution is -2.40. The summed E-state index contributed by atoms with van der Waals surface area (Å²) >= 11 is 6.01. The molecule has 0 aliphatic carbocycles. The number of Topliss-reactive ketones (excluding diaryl/α,β-unsaturated/α-hetero) is 1. The van der Waals surface area contributed by atoms with Gasteiger partial charge in [-0.3, -0.25) is 9.59 Å². The Morgan fingerprint density at radius 2 is 1.82 bits per heavy atom. The molecule has 1 heterocycles. The molecule has 148 valence electrons. The standard InChI is InChI=1S/C23H26ClNO3/c1-17-16-20(9-10-21(17)24)28-15-5-8-22(26)25-13-11-19(12-14-25)23(27)18-6-3-2-4-7-18/h2-4,6-7,9-10,16,19H,5,8,11-15H2,1H3. The summed E-state index contributed by atoms with van der Waals surface area (Å²) in [5.41, 5.74) is 1.74. The first kappa shape index (κ1) is 20.4. The van der Waals surface area contributed by atoms with E-state index in [0.29, 0.717) is 32.5 Å². The van der Waals surface area contributed by atoms with Gasteiger partial charge in [-0.15, -0.1) is 0 Å². The van der Waals surface area contributed by atoms with E-state index >= 15 is 0 Å². The molecule has 0 unspecified atom stereocenters. The quantitative estimate of drug-likeness (QED) is 0.490. The van der Waals surface area contributed by atoms with Gasteiger partial charge in [0.25, 0.3) is 0 Å².